The predicted molar refractivity (Wildman–Crippen MR) is 71.8 cm³/mol. The molecule has 0 spiro atoms. The summed E-state index contributed by atoms with van der Waals surface area (Å²) in [6.07, 6.45) is 0. The molecule has 0 amide bonds. The van der Waals surface area contributed by atoms with E-state index in [0.29, 0.717) is 11.7 Å². The molecule has 0 saturated carbocycles. The molecule has 5 heteroatoms. The van der Waals surface area contributed by atoms with E-state index in [9.17, 15) is 8.78 Å². The molecule has 3 nitrogen and oxygen atoms in total. The highest BCUT2D eigenvalue weighted by Crippen LogP contribution is 2.33. The molecule has 0 unspecified atom stereocenters. The molecule has 106 valence electrons. The van der Waals surface area contributed by atoms with Gasteiger partial charge >= 0.3 is 0 Å². The zero-order chi connectivity index (χ0) is 14.0. The van der Waals surface area contributed by atoms with Gasteiger partial charge in [-0.15, -0.1) is 0 Å². The zero-order valence-corrected chi connectivity index (χ0v) is 11.6. The highest BCUT2D eigenvalue weighted by atomic mass is 19.2. The lowest BCUT2D eigenvalue weighted by atomic mass is 10.2. The Morgan fingerprint density at radius 1 is 1.11 bits per heavy atom. The maximum Gasteiger partial charge on any atom is 0.202 e. The van der Waals surface area contributed by atoms with E-state index in [-0.39, 0.29) is 5.75 Å². The van der Waals surface area contributed by atoms with Crippen molar-refractivity contribution in [3.63, 3.8) is 0 Å². The van der Waals surface area contributed by atoms with Gasteiger partial charge in [0.05, 0.1) is 12.8 Å². The summed E-state index contributed by atoms with van der Waals surface area (Å²) in [6, 6.07) is 3.25. The minimum absolute atomic E-state index is 0.00185. The Hall–Kier alpha value is -1.36. The van der Waals surface area contributed by atoms with Gasteiger partial charge in [-0.05, 0) is 26.0 Å². The number of benzene rings is 1. The molecule has 19 heavy (non-hydrogen) atoms. The van der Waals surface area contributed by atoms with Crippen LogP contribution in [0.2, 0.25) is 0 Å². The molecule has 1 fully saturated rings. The third-order valence-electron chi connectivity index (χ3n) is 3.62. The summed E-state index contributed by atoms with van der Waals surface area (Å²) in [7, 11) is 1.37. The van der Waals surface area contributed by atoms with E-state index < -0.39 is 11.6 Å². The Morgan fingerprint density at radius 2 is 1.74 bits per heavy atom. The van der Waals surface area contributed by atoms with E-state index in [1.807, 2.05) is 4.90 Å². The fraction of sp³-hybridized carbons (Fsp3) is 0.571. The van der Waals surface area contributed by atoms with Crippen molar-refractivity contribution in [1.82, 2.24) is 4.90 Å². The normalized spacial score (nSPS) is 17.1. The number of hydrogen-bond donors (Lipinski definition) is 0. The largest absolute Gasteiger partial charge is 0.491 e. The van der Waals surface area contributed by atoms with Gasteiger partial charge in [-0.25, -0.2) is 4.39 Å². The van der Waals surface area contributed by atoms with E-state index >= 15 is 0 Å². The number of nitrogens with zero attached hydrogens (tertiary/aromatic N) is 2. The van der Waals surface area contributed by atoms with Crippen LogP contribution in [0.1, 0.15) is 13.8 Å². The van der Waals surface area contributed by atoms with Crippen molar-refractivity contribution in [3.05, 3.63) is 23.8 Å². The minimum atomic E-state index is -0.911. The third-order valence-corrected chi connectivity index (χ3v) is 3.62. The second-order valence-electron chi connectivity index (χ2n) is 5.03. The Bertz CT molecular complexity index is 443. The van der Waals surface area contributed by atoms with Gasteiger partial charge in [0.2, 0.25) is 5.82 Å². The monoisotopic (exact) mass is 270 g/mol. The minimum Gasteiger partial charge on any atom is -0.491 e. The summed E-state index contributed by atoms with van der Waals surface area (Å²) in [5.74, 6) is -1.79. The highest BCUT2D eigenvalue weighted by Gasteiger charge is 2.23. The molecule has 1 heterocycles. The summed E-state index contributed by atoms with van der Waals surface area (Å²) in [5, 5.41) is 0. The number of hydrogen-bond acceptors (Lipinski definition) is 3. The first kappa shape index (κ1) is 14.1. The molecular weight excluding hydrogens is 250 g/mol. The van der Waals surface area contributed by atoms with Gasteiger partial charge in [0.15, 0.2) is 11.6 Å². The van der Waals surface area contributed by atoms with E-state index in [1.54, 1.807) is 6.07 Å². The summed E-state index contributed by atoms with van der Waals surface area (Å²) in [5.41, 5.74) is 0.629. The van der Waals surface area contributed by atoms with Crippen molar-refractivity contribution in [2.75, 3.05) is 38.2 Å². The Morgan fingerprint density at radius 3 is 2.26 bits per heavy atom. The van der Waals surface area contributed by atoms with E-state index in [2.05, 4.69) is 18.7 Å². The number of piperazine rings is 1. The summed E-state index contributed by atoms with van der Waals surface area (Å²) < 4.78 is 31.9. The first-order valence-corrected chi connectivity index (χ1v) is 6.55. The van der Waals surface area contributed by atoms with Crippen molar-refractivity contribution in [3.8, 4) is 5.75 Å². The number of anilines is 1. The Balaban J connectivity index is 2.18. The van der Waals surface area contributed by atoms with Crippen molar-refractivity contribution in [2.45, 2.75) is 19.9 Å². The second kappa shape index (κ2) is 5.74. The van der Waals surface area contributed by atoms with Crippen LogP contribution in [0.25, 0.3) is 0 Å². The van der Waals surface area contributed by atoms with Crippen LogP contribution >= 0.6 is 0 Å². The third kappa shape index (κ3) is 2.81. The zero-order valence-electron chi connectivity index (χ0n) is 11.6. The maximum atomic E-state index is 13.7. The first-order valence-electron chi connectivity index (χ1n) is 6.55. The van der Waals surface area contributed by atoms with Crippen LogP contribution in [0.5, 0.6) is 5.75 Å². The molecule has 1 saturated heterocycles. The van der Waals surface area contributed by atoms with Gasteiger partial charge in [0, 0.05) is 32.2 Å². The van der Waals surface area contributed by atoms with Crippen LogP contribution in [-0.4, -0.2) is 44.2 Å². The Kier molecular flexibility index (Phi) is 4.24. The van der Waals surface area contributed by atoms with Crippen LogP contribution in [0.3, 0.4) is 0 Å². The molecule has 0 bridgehead atoms. The molecule has 1 aliphatic rings. The molecule has 1 aromatic rings. The molecule has 0 atom stereocenters. The number of rotatable bonds is 3. The average Bonchev–Trinajstić information content (AvgIpc) is 2.41. The summed E-state index contributed by atoms with van der Waals surface area (Å²) in [4.78, 5) is 4.41. The lowest BCUT2D eigenvalue weighted by molar-refractivity contribution is 0.209. The standard InChI is InChI=1S/C14H20F2N2O/c1-10(2)17-6-8-18(9-7-17)12-5-4-11(15)13(16)14(12)19-3/h4-5,10H,6-9H2,1-3H3. The lowest BCUT2D eigenvalue weighted by Crippen LogP contribution is -2.49. The van der Waals surface area contributed by atoms with Gasteiger partial charge in [0.25, 0.3) is 0 Å². The van der Waals surface area contributed by atoms with Crippen LogP contribution in [0.15, 0.2) is 12.1 Å². The quantitative estimate of drug-likeness (QED) is 0.839. The maximum absolute atomic E-state index is 13.7. The molecule has 0 aromatic heterocycles. The lowest BCUT2D eigenvalue weighted by Gasteiger charge is -2.38. The van der Waals surface area contributed by atoms with E-state index in [4.69, 9.17) is 4.74 Å². The van der Waals surface area contributed by atoms with Crippen molar-refractivity contribution >= 4 is 5.69 Å². The molecule has 0 N–H and O–H groups in total. The second-order valence-corrected chi connectivity index (χ2v) is 5.03. The van der Waals surface area contributed by atoms with Gasteiger partial charge in [-0.2, -0.15) is 4.39 Å². The molecule has 0 aliphatic carbocycles. The molecule has 1 aromatic carbocycles. The van der Waals surface area contributed by atoms with Gasteiger partial charge in [-0.1, -0.05) is 0 Å². The van der Waals surface area contributed by atoms with Crippen LogP contribution in [-0.2, 0) is 0 Å². The fourth-order valence-electron chi connectivity index (χ4n) is 2.44. The molecule has 1 aliphatic heterocycles. The first-order chi connectivity index (χ1) is 9.04. The van der Waals surface area contributed by atoms with Crippen molar-refractivity contribution in [1.29, 1.82) is 0 Å². The average molecular weight is 270 g/mol. The van der Waals surface area contributed by atoms with Gasteiger partial charge in [0.1, 0.15) is 0 Å². The van der Waals surface area contributed by atoms with Crippen molar-refractivity contribution < 1.29 is 13.5 Å². The SMILES string of the molecule is COc1c(N2CCN(C(C)C)CC2)ccc(F)c1F. The molecule has 0 radical (unpaired) electrons. The van der Waals surface area contributed by atoms with Crippen LogP contribution in [0, 0.1) is 11.6 Å². The number of methoxy groups -OCH3 is 1. The fourth-order valence-corrected chi connectivity index (χ4v) is 2.44. The van der Waals surface area contributed by atoms with E-state index in [0.717, 1.165) is 32.2 Å². The van der Waals surface area contributed by atoms with E-state index in [1.165, 1.54) is 7.11 Å². The summed E-state index contributed by atoms with van der Waals surface area (Å²) >= 11 is 0. The smallest absolute Gasteiger partial charge is 0.202 e. The predicted octanol–water partition coefficient (Wildman–Crippen LogP) is 2.50. The Labute approximate surface area is 112 Å². The molecule has 2 rings (SSSR count). The highest BCUT2D eigenvalue weighted by molar-refractivity contribution is 5.59. The number of ether oxygens (including phenoxy) is 1. The van der Waals surface area contributed by atoms with Crippen molar-refractivity contribution in [2.24, 2.45) is 0 Å². The topological polar surface area (TPSA) is 15.7 Å². The number of halogens is 2. The molecular formula is C14H20F2N2O. The summed E-state index contributed by atoms with van der Waals surface area (Å²) in [6.45, 7) is 7.74. The van der Waals surface area contributed by atoms with Gasteiger partial charge < -0.3 is 9.64 Å². The van der Waals surface area contributed by atoms with Crippen LogP contribution < -0.4 is 9.64 Å². The van der Waals surface area contributed by atoms with Gasteiger partial charge in [-0.3, -0.25) is 4.90 Å². The van der Waals surface area contributed by atoms with Crippen LogP contribution in [0.4, 0.5) is 14.5 Å².